The number of benzene rings is 1. The molecule has 1 radical (unpaired) electrons. The molecule has 1 unspecified atom stereocenters. The van der Waals surface area contributed by atoms with E-state index in [4.69, 9.17) is 0 Å². The van der Waals surface area contributed by atoms with Gasteiger partial charge in [-0.1, -0.05) is 12.1 Å². The van der Waals surface area contributed by atoms with E-state index in [0.29, 0.717) is 0 Å². The van der Waals surface area contributed by atoms with Gasteiger partial charge in [-0.05, 0) is 52.2 Å². The lowest BCUT2D eigenvalue weighted by Crippen LogP contribution is -2.55. The van der Waals surface area contributed by atoms with Crippen molar-refractivity contribution in [3.63, 3.8) is 0 Å². The van der Waals surface area contributed by atoms with E-state index in [1.807, 2.05) is 45.0 Å². The van der Waals surface area contributed by atoms with Crippen molar-refractivity contribution in [1.29, 1.82) is 0 Å². The molecule has 4 heteroatoms. The van der Waals surface area contributed by atoms with Gasteiger partial charge in [0.05, 0.1) is 11.0 Å². The number of nitrogens with zero attached hydrogens (tertiary/aromatic N) is 2. The van der Waals surface area contributed by atoms with Gasteiger partial charge in [0, 0.05) is 5.54 Å². The molecule has 2 heterocycles. The molecule has 0 saturated carbocycles. The van der Waals surface area contributed by atoms with Crippen molar-refractivity contribution in [3.05, 3.63) is 30.1 Å². The second-order valence-electron chi connectivity index (χ2n) is 6.34. The monoisotopic (exact) mass is 258 g/mol. The van der Waals surface area contributed by atoms with Crippen LogP contribution in [0, 0.1) is 0 Å². The number of piperidine rings is 1. The summed E-state index contributed by atoms with van der Waals surface area (Å²) in [5.41, 5.74) is 1.04. The number of fused-ring (bicyclic) bond motifs is 1. The van der Waals surface area contributed by atoms with Crippen LogP contribution in [0.5, 0.6) is 0 Å². The van der Waals surface area contributed by atoms with Crippen LogP contribution in [0.25, 0.3) is 11.0 Å². The van der Waals surface area contributed by atoms with Crippen molar-refractivity contribution in [2.45, 2.75) is 51.1 Å². The number of rotatable bonds is 1. The Morgan fingerprint density at radius 1 is 1.21 bits per heavy atom. The first kappa shape index (κ1) is 12.6. The average Bonchev–Trinajstić information content (AvgIpc) is 2.80. The molecule has 19 heavy (non-hydrogen) atoms. The van der Waals surface area contributed by atoms with Crippen LogP contribution < -0.4 is 0 Å². The largest absolute Gasteiger partial charge is 0.340 e. The van der Waals surface area contributed by atoms with Gasteiger partial charge in [0.1, 0.15) is 11.4 Å². The van der Waals surface area contributed by atoms with Crippen molar-refractivity contribution >= 4 is 11.0 Å². The molecule has 1 fully saturated rings. The lowest BCUT2D eigenvalue weighted by Gasteiger charge is -2.47. The number of imidazole rings is 1. The molecule has 2 aromatic rings. The Morgan fingerprint density at radius 3 is 2.68 bits per heavy atom. The minimum atomic E-state index is -0.555. The predicted molar refractivity (Wildman–Crippen MR) is 73.9 cm³/mol. The van der Waals surface area contributed by atoms with Crippen molar-refractivity contribution in [3.8, 4) is 0 Å². The summed E-state index contributed by atoms with van der Waals surface area (Å²) >= 11 is 0. The molecule has 0 spiro atoms. The molecule has 4 nitrogen and oxygen atoms in total. The summed E-state index contributed by atoms with van der Waals surface area (Å²) in [5, 5.41) is 13.9. The van der Waals surface area contributed by atoms with Gasteiger partial charge < -0.3 is 4.98 Å². The van der Waals surface area contributed by atoms with Crippen LogP contribution >= 0.6 is 0 Å². The lowest BCUT2D eigenvalue weighted by atomic mass is 9.80. The summed E-state index contributed by atoms with van der Waals surface area (Å²) < 4.78 is 0. The molecule has 1 atom stereocenters. The van der Waals surface area contributed by atoms with Crippen molar-refractivity contribution in [1.82, 2.24) is 15.0 Å². The number of hydrogen-bond donors (Lipinski definition) is 1. The van der Waals surface area contributed by atoms with Crippen LogP contribution in [0.15, 0.2) is 24.3 Å². The molecule has 3 rings (SSSR count). The number of hydroxylamine groups is 2. The second-order valence-corrected chi connectivity index (χ2v) is 6.34. The third-order valence-corrected chi connectivity index (χ3v) is 4.35. The Labute approximate surface area is 113 Å². The summed E-state index contributed by atoms with van der Waals surface area (Å²) in [4.78, 5) is 7.95. The quantitative estimate of drug-likeness (QED) is 0.852. The SMILES string of the molecule is CC1(C)CCCC(C)(c2nc3ccccc3[nH]2)N1[O]. The van der Waals surface area contributed by atoms with Gasteiger partial charge in [0.25, 0.3) is 0 Å². The van der Waals surface area contributed by atoms with Crippen LogP contribution in [-0.2, 0) is 10.7 Å². The van der Waals surface area contributed by atoms with Gasteiger partial charge >= 0.3 is 0 Å². The molecule has 1 aliphatic heterocycles. The zero-order valence-electron chi connectivity index (χ0n) is 11.7. The minimum Gasteiger partial charge on any atom is -0.340 e. The second kappa shape index (κ2) is 4.05. The van der Waals surface area contributed by atoms with E-state index < -0.39 is 5.54 Å². The number of para-hydroxylation sites is 2. The third-order valence-electron chi connectivity index (χ3n) is 4.35. The molecular weight excluding hydrogens is 238 g/mol. The van der Waals surface area contributed by atoms with Crippen molar-refractivity contribution in [2.24, 2.45) is 0 Å². The number of hydrogen-bond acceptors (Lipinski definition) is 2. The summed E-state index contributed by atoms with van der Waals surface area (Å²) in [6.07, 6.45) is 2.84. The molecule has 1 saturated heterocycles. The van der Waals surface area contributed by atoms with Crippen LogP contribution in [-0.4, -0.2) is 20.6 Å². The molecule has 1 aromatic carbocycles. The molecule has 0 bridgehead atoms. The first-order valence-electron chi connectivity index (χ1n) is 6.86. The molecule has 101 valence electrons. The number of H-pyrrole nitrogens is 1. The zero-order valence-corrected chi connectivity index (χ0v) is 11.7. The van der Waals surface area contributed by atoms with Crippen LogP contribution in [0.4, 0.5) is 0 Å². The van der Waals surface area contributed by atoms with Crippen LogP contribution in [0.1, 0.15) is 45.9 Å². The fourth-order valence-corrected chi connectivity index (χ4v) is 3.16. The normalized spacial score (nSPS) is 27.8. The third kappa shape index (κ3) is 1.86. The Balaban J connectivity index is 2.08. The van der Waals surface area contributed by atoms with Gasteiger partial charge in [-0.3, -0.25) is 0 Å². The highest BCUT2D eigenvalue weighted by Gasteiger charge is 2.47. The Morgan fingerprint density at radius 2 is 1.95 bits per heavy atom. The van der Waals surface area contributed by atoms with Gasteiger partial charge in [-0.2, -0.15) is 0 Å². The van der Waals surface area contributed by atoms with Gasteiger partial charge in [0.15, 0.2) is 0 Å². The average molecular weight is 258 g/mol. The van der Waals surface area contributed by atoms with Gasteiger partial charge in [0.2, 0.25) is 0 Å². The highest BCUT2D eigenvalue weighted by molar-refractivity contribution is 5.74. The highest BCUT2D eigenvalue weighted by atomic mass is 16.5. The molecule has 1 aromatic heterocycles. The first-order valence-corrected chi connectivity index (χ1v) is 6.86. The van der Waals surface area contributed by atoms with E-state index in [2.05, 4.69) is 9.97 Å². The Hall–Kier alpha value is -1.39. The van der Waals surface area contributed by atoms with E-state index in [9.17, 15) is 5.21 Å². The Kier molecular flexibility index (Phi) is 2.69. The van der Waals surface area contributed by atoms with Crippen molar-refractivity contribution in [2.75, 3.05) is 0 Å². The fraction of sp³-hybridized carbons (Fsp3) is 0.533. The fourth-order valence-electron chi connectivity index (χ4n) is 3.16. The molecule has 1 N–H and O–H groups in total. The number of aromatic amines is 1. The summed E-state index contributed by atoms with van der Waals surface area (Å²) in [6, 6.07) is 7.92. The van der Waals surface area contributed by atoms with Crippen molar-refractivity contribution < 1.29 is 5.21 Å². The smallest absolute Gasteiger partial charge is 0.130 e. The first-order chi connectivity index (χ1) is 8.93. The van der Waals surface area contributed by atoms with E-state index >= 15 is 0 Å². The maximum Gasteiger partial charge on any atom is 0.130 e. The van der Waals surface area contributed by atoms with Gasteiger partial charge in [-0.15, -0.1) is 10.3 Å². The maximum atomic E-state index is 12.7. The zero-order chi connectivity index (χ0) is 13.7. The van der Waals surface area contributed by atoms with Crippen LogP contribution in [0.3, 0.4) is 0 Å². The lowest BCUT2D eigenvalue weighted by molar-refractivity contribution is -0.298. The van der Waals surface area contributed by atoms with E-state index in [-0.39, 0.29) is 5.54 Å². The van der Waals surface area contributed by atoms with Crippen LogP contribution in [0.2, 0.25) is 0 Å². The van der Waals surface area contributed by atoms with E-state index in [1.54, 1.807) is 0 Å². The number of aromatic nitrogens is 2. The summed E-state index contributed by atoms with van der Waals surface area (Å²) in [5.74, 6) is 0.788. The van der Waals surface area contributed by atoms with E-state index in [0.717, 1.165) is 36.1 Å². The number of nitrogens with one attached hydrogen (secondary N) is 1. The summed E-state index contributed by atoms with van der Waals surface area (Å²) in [6.45, 7) is 6.03. The molecular formula is C15H20N3O. The molecule has 0 amide bonds. The van der Waals surface area contributed by atoms with Gasteiger partial charge in [-0.25, -0.2) is 4.98 Å². The topological polar surface area (TPSA) is 51.8 Å². The summed E-state index contributed by atoms with van der Waals surface area (Å²) in [7, 11) is 0. The minimum absolute atomic E-state index is 0.327. The highest BCUT2D eigenvalue weighted by Crippen LogP contribution is 2.42. The Bertz CT molecular complexity index is 571. The standard InChI is InChI=1S/C15H20N3O/c1-14(2)9-6-10-15(3,18(14)19)13-16-11-7-4-5-8-12(11)17-13/h4-5,7-8H,6,9-10H2,1-3H3,(H,16,17). The predicted octanol–water partition coefficient (Wildman–Crippen LogP) is 3.39. The van der Waals surface area contributed by atoms with E-state index in [1.165, 1.54) is 5.06 Å². The molecule has 1 aliphatic rings. The maximum absolute atomic E-state index is 12.7. The molecule has 0 aliphatic carbocycles.